The monoisotopic (exact) mass is 331 g/mol. The number of rotatable bonds is 4. The lowest BCUT2D eigenvalue weighted by atomic mass is 9.85. The maximum Gasteiger partial charge on any atom is 0.254 e. The van der Waals surface area contributed by atoms with E-state index in [0.717, 1.165) is 6.20 Å². The van der Waals surface area contributed by atoms with Crippen LogP contribution in [0.5, 0.6) is 0 Å². The number of nitrogens with one attached hydrogen (secondary N) is 2. The predicted molar refractivity (Wildman–Crippen MR) is 90.4 cm³/mol. The SMILES string of the molecule is [2H]C1C(Nc2nc(NC(C)(C)C)ncc2C(N)=O)C([2H])([2H])C([2H])(O)C([2H])(C([2H])([2H])[2H])C1([2H])[2H]. The molecule has 7 nitrogen and oxygen atoms in total. The summed E-state index contributed by atoms with van der Waals surface area (Å²) in [5, 5.41) is 15.9. The minimum absolute atomic E-state index is 0.0330. The molecule has 2 rings (SSSR count). The van der Waals surface area contributed by atoms with Crippen molar-refractivity contribution >= 4 is 17.7 Å². The van der Waals surface area contributed by atoms with Gasteiger partial charge < -0.3 is 21.5 Å². The van der Waals surface area contributed by atoms with Crippen molar-refractivity contribution < 1.29 is 23.6 Å². The highest BCUT2D eigenvalue weighted by Crippen LogP contribution is 2.27. The Morgan fingerprint density at radius 1 is 1.61 bits per heavy atom. The first-order chi connectivity index (χ1) is 14.5. The third-order valence-corrected chi connectivity index (χ3v) is 2.76. The largest absolute Gasteiger partial charge is 0.393 e. The van der Waals surface area contributed by atoms with E-state index in [-0.39, 0.29) is 11.5 Å². The number of nitrogens with two attached hydrogens (primary N) is 1. The fraction of sp³-hybridized carbons (Fsp3) is 0.688. The Labute approximate surface area is 151 Å². The third-order valence-electron chi connectivity index (χ3n) is 2.76. The molecule has 4 unspecified atom stereocenters. The van der Waals surface area contributed by atoms with Gasteiger partial charge in [-0.25, -0.2) is 4.98 Å². The number of amides is 1. The van der Waals surface area contributed by atoms with Gasteiger partial charge in [0.2, 0.25) is 5.95 Å². The molecule has 1 aliphatic carbocycles. The molecule has 0 spiro atoms. The molecule has 1 heterocycles. The van der Waals surface area contributed by atoms with Gasteiger partial charge in [-0.2, -0.15) is 4.98 Å². The van der Waals surface area contributed by atoms with Crippen LogP contribution in [0, 0.1) is 5.89 Å². The van der Waals surface area contributed by atoms with Gasteiger partial charge in [0.05, 0.1) is 13.0 Å². The number of anilines is 2. The molecule has 4 atom stereocenters. The summed E-state index contributed by atoms with van der Waals surface area (Å²) in [5.41, 5.74) is 4.43. The molecule has 1 fully saturated rings. The number of aromatic nitrogens is 2. The second-order valence-electron chi connectivity index (χ2n) is 6.00. The van der Waals surface area contributed by atoms with Crippen LogP contribution in [-0.4, -0.2) is 38.6 Å². The molecule has 128 valence electrons. The normalized spacial score (nSPS) is 45.9. The highest BCUT2D eigenvalue weighted by Gasteiger charge is 2.27. The van der Waals surface area contributed by atoms with Gasteiger partial charge in [-0.3, -0.25) is 4.79 Å². The second kappa shape index (κ2) is 6.70. The van der Waals surface area contributed by atoms with Crippen molar-refractivity contribution in [3.63, 3.8) is 0 Å². The van der Waals surface area contributed by atoms with Gasteiger partial charge in [-0.15, -0.1) is 0 Å². The minimum Gasteiger partial charge on any atom is -0.393 e. The van der Waals surface area contributed by atoms with Crippen molar-refractivity contribution in [3.8, 4) is 0 Å². The summed E-state index contributed by atoms with van der Waals surface area (Å²) in [4.78, 5) is 19.9. The van der Waals surface area contributed by atoms with E-state index >= 15 is 0 Å². The summed E-state index contributed by atoms with van der Waals surface area (Å²) < 4.78 is 80.2. The molecule has 0 aromatic carbocycles. The molecule has 1 aromatic rings. The molecule has 1 aliphatic rings. The number of carbonyl (C=O) groups is 1. The molecule has 0 saturated heterocycles. The number of carbonyl (C=O) groups excluding carboxylic acids is 1. The Bertz CT molecular complexity index is 933. The molecule has 0 aliphatic heterocycles. The summed E-state index contributed by atoms with van der Waals surface area (Å²) in [6.07, 6.45) is -12.0. The van der Waals surface area contributed by atoms with Gasteiger partial charge in [0.15, 0.2) is 0 Å². The lowest BCUT2D eigenvalue weighted by Gasteiger charge is -2.32. The van der Waals surface area contributed by atoms with E-state index in [1.807, 2.05) is 0 Å². The van der Waals surface area contributed by atoms with Crippen LogP contribution >= 0.6 is 0 Å². The highest BCUT2D eigenvalue weighted by atomic mass is 16.3. The lowest BCUT2D eigenvalue weighted by molar-refractivity contribution is 0.0739. The van der Waals surface area contributed by atoms with Crippen LogP contribution in [0.15, 0.2) is 6.20 Å². The van der Waals surface area contributed by atoms with Crippen molar-refractivity contribution in [2.75, 3.05) is 10.6 Å². The molecular weight excluding hydrogens is 294 g/mol. The Hall–Kier alpha value is -1.89. The van der Waals surface area contributed by atoms with Crippen molar-refractivity contribution in [1.82, 2.24) is 9.97 Å². The summed E-state index contributed by atoms with van der Waals surface area (Å²) in [7, 11) is 0. The Morgan fingerprint density at radius 3 is 2.96 bits per heavy atom. The average Bonchev–Trinajstić information content (AvgIpc) is 2.60. The Morgan fingerprint density at radius 2 is 2.35 bits per heavy atom. The molecule has 1 amide bonds. The van der Waals surface area contributed by atoms with Crippen molar-refractivity contribution in [2.45, 2.75) is 64.4 Å². The Balaban J connectivity index is 2.67. The molecule has 1 aromatic heterocycles. The van der Waals surface area contributed by atoms with Crippen LogP contribution in [0.25, 0.3) is 0 Å². The van der Waals surface area contributed by atoms with Crippen LogP contribution in [0.4, 0.5) is 11.8 Å². The van der Waals surface area contributed by atoms with E-state index in [4.69, 9.17) is 19.4 Å². The number of nitrogens with zero attached hydrogens (tertiary/aromatic N) is 2. The smallest absolute Gasteiger partial charge is 0.254 e. The molecule has 23 heavy (non-hydrogen) atoms. The maximum atomic E-state index is 11.9. The van der Waals surface area contributed by atoms with Gasteiger partial charge in [-0.05, 0) is 45.8 Å². The Kier molecular flexibility index (Phi) is 2.41. The third kappa shape index (κ3) is 4.79. The van der Waals surface area contributed by atoms with E-state index in [1.54, 1.807) is 20.8 Å². The van der Waals surface area contributed by atoms with Crippen molar-refractivity contribution in [1.29, 1.82) is 0 Å². The van der Waals surface area contributed by atoms with Crippen molar-refractivity contribution in [2.24, 2.45) is 11.6 Å². The van der Waals surface area contributed by atoms with E-state index in [2.05, 4.69) is 20.6 Å². The number of hydrogen-bond donors (Lipinski definition) is 4. The number of primary amides is 1. The van der Waals surface area contributed by atoms with E-state index < -0.39 is 61.3 Å². The molecule has 5 N–H and O–H groups in total. The number of aliphatic hydroxyl groups is 1. The van der Waals surface area contributed by atoms with Gasteiger partial charge in [0, 0.05) is 30.1 Å². The van der Waals surface area contributed by atoms with Crippen molar-refractivity contribution in [3.05, 3.63) is 11.8 Å². The van der Waals surface area contributed by atoms with Crippen LogP contribution < -0.4 is 16.4 Å². The minimum atomic E-state index is -3.85. The quantitative estimate of drug-likeness (QED) is 0.668. The molecule has 7 heteroatoms. The molecule has 0 radical (unpaired) electrons. The average molecular weight is 331 g/mol. The first-order valence-electron chi connectivity index (χ1n) is 12.0. The predicted octanol–water partition coefficient (Wildman–Crippen LogP) is 1.75. The highest BCUT2D eigenvalue weighted by molar-refractivity contribution is 5.97. The van der Waals surface area contributed by atoms with E-state index in [9.17, 15) is 9.90 Å². The van der Waals surface area contributed by atoms with Gasteiger partial charge in [0.25, 0.3) is 5.91 Å². The molecule has 0 bridgehead atoms. The van der Waals surface area contributed by atoms with E-state index in [1.165, 1.54) is 0 Å². The number of hydrogen-bond acceptors (Lipinski definition) is 6. The zero-order chi connectivity index (χ0) is 26.0. The second-order valence-corrected chi connectivity index (χ2v) is 6.00. The summed E-state index contributed by atoms with van der Waals surface area (Å²) in [6.45, 7) is 1.68. The maximum absolute atomic E-state index is 11.9. The summed E-state index contributed by atoms with van der Waals surface area (Å²) in [6, 6.07) is -2.12. The van der Waals surface area contributed by atoms with Crippen LogP contribution in [-0.2, 0) is 0 Å². The fourth-order valence-corrected chi connectivity index (χ4v) is 1.79. The zero-order valence-electron chi connectivity index (χ0n) is 23.1. The zero-order valence-corrected chi connectivity index (χ0v) is 13.1. The van der Waals surface area contributed by atoms with E-state index in [0.29, 0.717) is 0 Å². The molecular formula is C16H27N5O2. The van der Waals surface area contributed by atoms with Crippen LogP contribution in [0.1, 0.15) is 70.8 Å². The standard InChI is InChI=1S/C16H27N5O2/c1-9-5-6-10(7-12(9)22)19-14-11(13(17)23)8-18-15(20-14)21-16(2,3)4/h8-10,12,22H,5-7H2,1-4H3,(H2,17,23)(H2,18,19,20,21)/i1D3,5D2,6D,7D2,9D,12D. The lowest BCUT2D eigenvalue weighted by Crippen LogP contribution is -2.36. The summed E-state index contributed by atoms with van der Waals surface area (Å²) in [5.74, 6) is -5.22. The van der Waals surface area contributed by atoms with Gasteiger partial charge >= 0.3 is 0 Å². The van der Waals surface area contributed by atoms with Gasteiger partial charge in [0.1, 0.15) is 5.82 Å². The van der Waals surface area contributed by atoms with Crippen LogP contribution in [0.2, 0.25) is 0 Å². The fourth-order valence-electron chi connectivity index (χ4n) is 1.79. The summed E-state index contributed by atoms with van der Waals surface area (Å²) >= 11 is 0. The topological polar surface area (TPSA) is 113 Å². The van der Waals surface area contributed by atoms with Crippen LogP contribution in [0.3, 0.4) is 0 Å². The first kappa shape index (κ1) is 8.28. The van der Waals surface area contributed by atoms with Gasteiger partial charge in [-0.1, -0.05) is 6.85 Å². The first-order valence-corrected chi connectivity index (χ1v) is 6.88. The molecule has 1 saturated carbocycles.